The van der Waals surface area contributed by atoms with Gasteiger partial charge in [0.25, 0.3) is 0 Å². The molecule has 0 bridgehead atoms. The fourth-order valence-electron chi connectivity index (χ4n) is 3.04. The van der Waals surface area contributed by atoms with E-state index in [-0.39, 0.29) is 5.82 Å². The lowest BCUT2D eigenvalue weighted by atomic mass is 9.97. The molecule has 0 amide bonds. The fourth-order valence-corrected chi connectivity index (χ4v) is 3.47. The van der Waals surface area contributed by atoms with Crippen LogP contribution in [-0.2, 0) is 6.54 Å². The Labute approximate surface area is 136 Å². The molecule has 1 aliphatic rings. The minimum absolute atomic E-state index is 0.191. The van der Waals surface area contributed by atoms with Crippen molar-refractivity contribution in [2.24, 2.45) is 5.92 Å². The van der Waals surface area contributed by atoms with Crippen molar-refractivity contribution in [3.8, 4) is 0 Å². The van der Waals surface area contributed by atoms with Gasteiger partial charge in [0.1, 0.15) is 5.82 Å². The molecule has 1 fully saturated rings. The van der Waals surface area contributed by atoms with Crippen molar-refractivity contribution in [3.63, 3.8) is 0 Å². The molecule has 1 heterocycles. The predicted octanol–water partition coefficient (Wildman–Crippen LogP) is 4.19. The normalized spacial score (nSPS) is 23.7. The quantitative estimate of drug-likeness (QED) is 0.850. The van der Waals surface area contributed by atoms with Gasteiger partial charge in [0.2, 0.25) is 0 Å². The summed E-state index contributed by atoms with van der Waals surface area (Å²) in [7, 11) is 0. The van der Waals surface area contributed by atoms with Crippen molar-refractivity contribution in [2.45, 2.75) is 52.2 Å². The summed E-state index contributed by atoms with van der Waals surface area (Å²) in [4.78, 5) is 2.56. The lowest BCUT2D eigenvalue weighted by Gasteiger charge is -2.41. The van der Waals surface area contributed by atoms with Crippen LogP contribution in [0.4, 0.5) is 4.39 Å². The minimum Gasteiger partial charge on any atom is -0.311 e. The van der Waals surface area contributed by atoms with E-state index in [0.29, 0.717) is 22.5 Å². The predicted molar refractivity (Wildman–Crippen MR) is 89.8 cm³/mol. The molecule has 2 atom stereocenters. The van der Waals surface area contributed by atoms with Gasteiger partial charge in [-0.25, -0.2) is 4.39 Å². The molecule has 1 aromatic rings. The molecule has 0 spiro atoms. The van der Waals surface area contributed by atoms with Gasteiger partial charge in [0, 0.05) is 31.7 Å². The summed E-state index contributed by atoms with van der Waals surface area (Å²) in [6.07, 6.45) is 2.35. The Kier molecular flexibility index (Phi) is 6.20. The van der Waals surface area contributed by atoms with Crippen LogP contribution in [0.5, 0.6) is 0 Å². The standard InChI is InChI=1S/C17H26BrFN2/c1-4-14-11-21(15(9-20-14)7-12(2)3)10-13-5-6-17(19)16(18)8-13/h5-6,8,12,14-15,20H,4,7,9-11H2,1-3H3. The Bertz CT molecular complexity index is 464. The van der Waals surface area contributed by atoms with Gasteiger partial charge in [-0.2, -0.15) is 0 Å². The van der Waals surface area contributed by atoms with Gasteiger partial charge < -0.3 is 5.32 Å². The second kappa shape index (κ2) is 7.70. The third kappa shape index (κ3) is 4.76. The maximum absolute atomic E-state index is 13.4. The van der Waals surface area contributed by atoms with Gasteiger partial charge in [-0.05, 0) is 52.4 Å². The summed E-state index contributed by atoms with van der Waals surface area (Å²) in [5, 5.41) is 3.65. The van der Waals surface area contributed by atoms with Crippen LogP contribution in [0.2, 0.25) is 0 Å². The second-order valence-corrected chi connectivity index (χ2v) is 7.33. The number of rotatable bonds is 5. The van der Waals surface area contributed by atoms with E-state index in [2.05, 4.69) is 46.9 Å². The highest BCUT2D eigenvalue weighted by Gasteiger charge is 2.27. The van der Waals surface area contributed by atoms with E-state index in [4.69, 9.17) is 0 Å². The maximum atomic E-state index is 13.4. The lowest BCUT2D eigenvalue weighted by Crippen LogP contribution is -2.56. The zero-order valence-electron chi connectivity index (χ0n) is 13.2. The monoisotopic (exact) mass is 356 g/mol. The average Bonchev–Trinajstić information content (AvgIpc) is 2.44. The highest BCUT2D eigenvalue weighted by atomic mass is 79.9. The zero-order chi connectivity index (χ0) is 15.4. The molecule has 2 nitrogen and oxygen atoms in total. The Morgan fingerprint density at radius 3 is 2.81 bits per heavy atom. The molecule has 2 rings (SSSR count). The van der Waals surface area contributed by atoms with Crippen LogP contribution in [-0.4, -0.2) is 30.1 Å². The summed E-state index contributed by atoms with van der Waals surface area (Å²) in [5.41, 5.74) is 1.17. The summed E-state index contributed by atoms with van der Waals surface area (Å²) in [5.74, 6) is 0.502. The van der Waals surface area contributed by atoms with Crippen molar-refractivity contribution in [1.29, 1.82) is 0 Å². The smallest absolute Gasteiger partial charge is 0.137 e. The molecule has 0 radical (unpaired) electrons. The van der Waals surface area contributed by atoms with Crippen LogP contribution < -0.4 is 5.32 Å². The first-order chi connectivity index (χ1) is 9.99. The molecule has 1 N–H and O–H groups in total. The van der Waals surface area contributed by atoms with E-state index in [1.807, 2.05) is 12.1 Å². The number of benzene rings is 1. The van der Waals surface area contributed by atoms with Crippen LogP contribution in [0.1, 0.15) is 39.2 Å². The summed E-state index contributed by atoms with van der Waals surface area (Å²) < 4.78 is 13.9. The number of nitrogens with one attached hydrogen (secondary N) is 1. The SMILES string of the molecule is CCC1CN(Cc2ccc(F)c(Br)c2)C(CC(C)C)CN1. The molecular weight excluding hydrogens is 331 g/mol. The first kappa shape index (κ1) is 16.9. The van der Waals surface area contributed by atoms with Crippen LogP contribution >= 0.6 is 15.9 Å². The first-order valence-electron chi connectivity index (χ1n) is 7.91. The van der Waals surface area contributed by atoms with Gasteiger partial charge in [0.15, 0.2) is 0 Å². The van der Waals surface area contributed by atoms with Crippen LogP contribution in [0.3, 0.4) is 0 Å². The van der Waals surface area contributed by atoms with E-state index in [0.717, 1.165) is 26.1 Å². The van der Waals surface area contributed by atoms with E-state index in [9.17, 15) is 4.39 Å². The van der Waals surface area contributed by atoms with Crippen molar-refractivity contribution in [1.82, 2.24) is 10.2 Å². The number of hydrogen-bond donors (Lipinski definition) is 1. The minimum atomic E-state index is -0.191. The molecule has 1 saturated heterocycles. The number of hydrogen-bond acceptors (Lipinski definition) is 2. The summed E-state index contributed by atoms with van der Waals surface area (Å²) >= 11 is 3.29. The molecule has 21 heavy (non-hydrogen) atoms. The highest BCUT2D eigenvalue weighted by Crippen LogP contribution is 2.22. The van der Waals surface area contributed by atoms with Gasteiger partial charge in [-0.3, -0.25) is 4.90 Å². The van der Waals surface area contributed by atoms with Crippen molar-refractivity contribution >= 4 is 15.9 Å². The molecule has 1 aliphatic heterocycles. The highest BCUT2D eigenvalue weighted by molar-refractivity contribution is 9.10. The van der Waals surface area contributed by atoms with Crippen molar-refractivity contribution in [3.05, 3.63) is 34.1 Å². The molecule has 2 unspecified atom stereocenters. The number of piperazine rings is 1. The molecule has 0 saturated carbocycles. The van der Waals surface area contributed by atoms with E-state index in [1.54, 1.807) is 6.07 Å². The van der Waals surface area contributed by atoms with E-state index < -0.39 is 0 Å². The molecule has 118 valence electrons. The largest absolute Gasteiger partial charge is 0.311 e. The van der Waals surface area contributed by atoms with Gasteiger partial charge in [-0.15, -0.1) is 0 Å². The van der Waals surface area contributed by atoms with Crippen LogP contribution in [0.15, 0.2) is 22.7 Å². The summed E-state index contributed by atoms with van der Waals surface area (Å²) in [6, 6.07) is 6.49. The van der Waals surface area contributed by atoms with E-state index in [1.165, 1.54) is 12.0 Å². The maximum Gasteiger partial charge on any atom is 0.137 e. The molecule has 0 aromatic heterocycles. The fraction of sp³-hybridized carbons (Fsp3) is 0.647. The van der Waals surface area contributed by atoms with E-state index >= 15 is 0 Å². The van der Waals surface area contributed by atoms with Gasteiger partial charge in [0.05, 0.1) is 4.47 Å². The van der Waals surface area contributed by atoms with Gasteiger partial charge >= 0.3 is 0 Å². The van der Waals surface area contributed by atoms with Crippen LogP contribution in [0.25, 0.3) is 0 Å². The second-order valence-electron chi connectivity index (χ2n) is 6.47. The Hall–Kier alpha value is -0.450. The number of halogens is 2. The van der Waals surface area contributed by atoms with Crippen molar-refractivity contribution < 1.29 is 4.39 Å². The Morgan fingerprint density at radius 1 is 1.43 bits per heavy atom. The molecule has 1 aromatic carbocycles. The van der Waals surface area contributed by atoms with Crippen molar-refractivity contribution in [2.75, 3.05) is 13.1 Å². The van der Waals surface area contributed by atoms with Gasteiger partial charge in [-0.1, -0.05) is 26.8 Å². The lowest BCUT2D eigenvalue weighted by molar-refractivity contribution is 0.105. The Balaban J connectivity index is 2.09. The average molecular weight is 357 g/mol. The Morgan fingerprint density at radius 2 is 2.19 bits per heavy atom. The third-order valence-corrected chi connectivity index (χ3v) is 4.83. The number of nitrogens with zero attached hydrogens (tertiary/aromatic N) is 1. The zero-order valence-corrected chi connectivity index (χ0v) is 14.8. The first-order valence-corrected chi connectivity index (χ1v) is 8.70. The summed E-state index contributed by atoms with van der Waals surface area (Å²) in [6.45, 7) is 9.81. The molecule has 0 aliphatic carbocycles. The molecule has 4 heteroatoms. The third-order valence-electron chi connectivity index (χ3n) is 4.22. The topological polar surface area (TPSA) is 15.3 Å². The van der Waals surface area contributed by atoms with Crippen LogP contribution in [0, 0.1) is 11.7 Å². The molecular formula is C17H26BrFN2.